The second-order valence-corrected chi connectivity index (χ2v) is 5.07. The summed E-state index contributed by atoms with van der Waals surface area (Å²) in [6, 6.07) is 8.96. The molecule has 2 aromatic carbocycles. The molecule has 0 aromatic heterocycles. The van der Waals surface area contributed by atoms with Crippen LogP contribution in [0.1, 0.15) is 22.3 Å². The Labute approximate surface area is 123 Å². The van der Waals surface area contributed by atoms with Gasteiger partial charge in [0.05, 0.1) is 11.0 Å². The van der Waals surface area contributed by atoms with Crippen molar-refractivity contribution in [1.82, 2.24) is 0 Å². The average Bonchev–Trinajstić information content (AvgIpc) is 2.43. The monoisotopic (exact) mass is 286 g/mol. The zero-order chi connectivity index (χ0) is 15.6. The third-order valence-corrected chi connectivity index (χ3v) is 3.40. The zero-order valence-electron chi connectivity index (χ0n) is 12.3. The number of nitrogens with two attached hydrogens (primary N) is 1. The van der Waals surface area contributed by atoms with Crippen LogP contribution in [-0.2, 0) is 6.54 Å². The van der Waals surface area contributed by atoms with Gasteiger partial charge in [-0.25, -0.2) is 0 Å². The molecule has 0 amide bonds. The van der Waals surface area contributed by atoms with Crippen molar-refractivity contribution in [2.45, 2.75) is 27.3 Å². The second-order valence-electron chi connectivity index (χ2n) is 5.07. The molecule has 5 nitrogen and oxygen atoms in total. The van der Waals surface area contributed by atoms with Gasteiger partial charge in [-0.1, -0.05) is 12.1 Å². The molecule has 21 heavy (non-hydrogen) atoms. The van der Waals surface area contributed by atoms with Crippen molar-refractivity contribution in [3.05, 3.63) is 62.7 Å². The van der Waals surface area contributed by atoms with Gasteiger partial charge < -0.3 is 10.5 Å². The van der Waals surface area contributed by atoms with Gasteiger partial charge in [-0.05, 0) is 49.6 Å². The average molecular weight is 286 g/mol. The summed E-state index contributed by atoms with van der Waals surface area (Å²) in [7, 11) is 0. The lowest BCUT2D eigenvalue weighted by molar-refractivity contribution is -0.385. The van der Waals surface area contributed by atoms with Crippen molar-refractivity contribution >= 4 is 5.69 Å². The molecule has 0 atom stereocenters. The minimum atomic E-state index is -0.398. The quantitative estimate of drug-likeness (QED) is 0.685. The van der Waals surface area contributed by atoms with Crippen LogP contribution in [0.15, 0.2) is 30.3 Å². The van der Waals surface area contributed by atoms with E-state index in [2.05, 4.69) is 0 Å². The summed E-state index contributed by atoms with van der Waals surface area (Å²) >= 11 is 0. The normalized spacial score (nSPS) is 10.5. The number of rotatable bonds is 4. The first-order valence-corrected chi connectivity index (χ1v) is 6.65. The highest BCUT2D eigenvalue weighted by atomic mass is 16.6. The van der Waals surface area contributed by atoms with Crippen LogP contribution in [0.2, 0.25) is 0 Å². The van der Waals surface area contributed by atoms with Crippen LogP contribution >= 0.6 is 0 Å². The SMILES string of the molecule is Cc1ccc(CN)cc1Oc1cc([N+](=O)[O-])c(C)cc1C. The van der Waals surface area contributed by atoms with E-state index < -0.39 is 4.92 Å². The number of hydrogen-bond donors (Lipinski definition) is 1. The standard InChI is InChI=1S/C16H18N2O3/c1-10-4-5-13(9-17)7-15(10)21-16-8-14(18(19)20)11(2)6-12(16)3/h4-8H,9,17H2,1-3H3. The van der Waals surface area contributed by atoms with Crippen LogP contribution in [0, 0.1) is 30.9 Å². The maximum Gasteiger partial charge on any atom is 0.276 e. The first-order chi connectivity index (χ1) is 9.92. The molecule has 0 spiro atoms. The number of nitro groups is 1. The Balaban J connectivity index is 2.44. The number of hydrogen-bond acceptors (Lipinski definition) is 4. The minimum absolute atomic E-state index is 0.0585. The smallest absolute Gasteiger partial charge is 0.276 e. The first kappa shape index (κ1) is 15.0. The van der Waals surface area contributed by atoms with Gasteiger partial charge in [-0.2, -0.15) is 0 Å². The third kappa shape index (κ3) is 3.20. The van der Waals surface area contributed by atoms with Crippen LogP contribution < -0.4 is 10.5 Å². The largest absolute Gasteiger partial charge is 0.457 e. The molecular weight excluding hydrogens is 268 g/mol. The summed E-state index contributed by atoms with van der Waals surface area (Å²) in [5.74, 6) is 1.16. The molecule has 2 aromatic rings. The van der Waals surface area contributed by atoms with E-state index in [0.29, 0.717) is 23.6 Å². The van der Waals surface area contributed by atoms with Crippen molar-refractivity contribution in [2.24, 2.45) is 5.73 Å². The summed E-state index contributed by atoms with van der Waals surface area (Å²) in [5, 5.41) is 11.0. The predicted molar refractivity (Wildman–Crippen MR) is 81.7 cm³/mol. The van der Waals surface area contributed by atoms with E-state index in [0.717, 1.165) is 16.7 Å². The zero-order valence-corrected chi connectivity index (χ0v) is 12.3. The van der Waals surface area contributed by atoms with Gasteiger partial charge >= 0.3 is 0 Å². The van der Waals surface area contributed by atoms with Crippen LogP contribution in [0.4, 0.5) is 5.69 Å². The molecule has 0 aliphatic rings. The predicted octanol–water partition coefficient (Wildman–Crippen LogP) is 3.77. The minimum Gasteiger partial charge on any atom is -0.457 e. The highest BCUT2D eigenvalue weighted by molar-refractivity contribution is 5.51. The molecule has 110 valence electrons. The number of benzene rings is 2. The molecule has 2 rings (SSSR count). The van der Waals surface area contributed by atoms with E-state index in [1.165, 1.54) is 6.07 Å². The lowest BCUT2D eigenvalue weighted by Crippen LogP contribution is -1.99. The topological polar surface area (TPSA) is 78.4 Å². The van der Waals surface area contributed by atoms with Crippen LogP contribution in [0.3, 0.4) is 0 Å². The van der Waals surface area contributed by atoms with Crippen LogP contribution in [0.25, 0.3) is 0 Å². The molecule has 0 radical (unpaired) electrons. The number of aryl methyl sites for hydroxylation is 3. The molecule has 0 saturated carbocycles. The van der Waals surface area contributed by atoms with E-state index >= 15 is 0 Å². The Morgan fingerprint density at radius 1 is 1.05 bits per heavy atom. The molecule has 5 heteroatoms. The molecule has 0 fully saturated rings. The lowest BCUT2D eigenvalue weighted by Gasteiger charge is -2.13. The molecule has 0 bridgehead atoms. The van der Waals surface area contributed by atoms with Crippen molar-refractivity contribution in [3.8, 4) is 11.5 Å². The van der Waals surface area contributed by atoms with Crippen molar-refractivity contribution in [1.29, 1.82) is 0 Å². The van der Waals surface area contributed by atoms with Gasteiger partial charge in [0, 0.05) is 12.1 Å². The van der Waals surface area contributed by atoms with Gasteiger partial charge in [-0.15, -0.1) is 0 Å². The fraction of sp³-hybridized carbons (Fsp3) is 0.250. The summed E-state index contributed by atoms with van der Waals surface area (Å²) < 4.78 is 5.87. The van der Waals surface area contributed by atoms with E-state index in [1.807, 2.05) is 32.0 Å². The molecule has 2 N–H and O–H groups in total. The van der Waals surface area contributed by atoms with Crippen LogP contribution in [0.5, 0.6) is 11.5 Å². The number of nitrogens with zero attached hydrogens (tertiary/aromatic N) is 1. The van der Waals surface area contributed by atoms with Crippen LogP contribution in [-0.4, -0.2) is 4.92 Å². The Kier molecular flexibility index (Phi) is 4.23. The first-order valence-electron chi connectivity index (χ1n) is 6.65. The van der Waals surface area contributed by atoms with E-state index in [9.17, 15) is 10.1 Å². The second kappa shape index (κ2) is 5.93. The third-order valence-electron chi connectivity index (χ3n) is 3.40. The summed E-state index contributed by atoms with van der Waals surface area (Å²) in [6.45, 7) is 5.93. The fourth-order valence-electron chi connectivity index (χ4n) is 2.13. The molecule has 0 saturated heterocycles. The molecule has 0 aliphatic heterocycles. The van der Waals surface area contributed by atoms with Gasteiger partial charge in [0.25, 0.3) is 5.69 Å². The Morgan fingerprint density at radius 3 is 2.33 bits per heavy atom. The van der Waals surface area contributed by atoms with Crippen molar-refractivity contribution in [3.63, 3.8) is 0 Å². The van der Waals surface area contributed by atoms with Gasteiger partial charge in [0.2, 0.25) is 0 Å². The maximum absolute atomic E-state index is 11.0. The van der Waals surface area contributed by atoms with Gasteiger partial charge in [0.15, 0.2) is 0 Å². The molecule has 0 heterocycles. The number of nitro benzene ring substituents is 1. The highest BCUT2D eigenvalue weighted by Crippen LogP contribution is 2.33. The van der Waals surface area contributed by atoms with Gasteiger partial charge in [-0.3, -0.25) is 10.1 Å². The lowest BCUT2D eigenvalue weighted by atomic mass is 10.1. The fourth-order valence-corrected chi connectivity index (χ4v) is 2.13. The molecule has 0 aliphatic carbocycles. The van der Waals surface area contributed by atoms with E-state index in [-0.39, 0.29) is 5.69 Å². The van der Waals surface area contributed by atoms with Gasteiger partial charge in [0.1, 0.15) is 11.5 Å². The Bertz CT molecular complexity index is 696. The van der Waals surface area contributed by atoms with E-state index in [1.54, 1.807) is 13.0 Å². The van der Waals surface area contributed by atoms with E-state index in [4.69, 9.17) is 10.5 Å². The Hall–Kier alpha value is -2.40. The van der Waals surface area contributed by atoms with Crippen molar-refractivity contribution < 1.29 is 9.66 Å². The maximum atomic E-state index is 11.0. The summed E-state index contributed by atoms with van der Waals surface area (Å²) in [6.07, 6.45) is 0. The van der Waals surface area contributed by atoms with Crippen molar-refractivity contribution in [2.75, 3.05) is 0 Å². The molecular formula is C16H18N2O3. The Morgan fingerprint density at radius 2 is 1.71 bits per heavy atom. The number of ether oxygens (including phenoxy) is 1. The highest BCUT2D eigenvalue weighted by Gasteiger charge is 2.15. The molecule has 0 unspecified atom stereocenters. The summed E-state index contributed by atoms with van der Waals surface area (Å²) in [4.78, 5) is 10.6. The summed E-state index contributed by atoms with van der Waals surface area (Å²) in [5.41, 5.74) is 9.08.